The molecule has 1 aliphatic carbocycles. The molecule has 0 aliphatic heterocycles. The van der Waals surface area contributed by atoms with Gasteiger partial charge in [0.05, 0.1) is 4.90 Å². The Balaban J connectivity index is 2.27. The molecule has 1 aromatic rings. The average Bonchev–Trinajstić information content (AvgIpc) is 2.29. The molecule has 1 aromatic carbocycles. The average molecular weight is 282 g/mol. The number of benzene rings is 1. The van der Waals surface area contributed by atoms with Gasteiger partial charge in [0.1, 0.15) is 0 Å². The van der Waals surface area contributed by atoms with Crippen LogP contribution in [0, 0.1) is 6.92 Å². The van der Waals surface area contributed by atoms with E-state index >= 15 is 0 Å². The minimum atomic E-state index is -3.41. The van der Waals surface area contributed by atoms with Crippen LogP contribution in [0.3, 0.4) is 0 Å². The Kier molecular flexibility index (Phi) is 3.99. The molecular formula is C14H22N2O2S. The lowest BCUT2D eigenvalue weighted by Crippen LogP contribution is -2.50. The molecule has 2 N–H and O–H groups in total. The third-order valence-electron chi connectivity index (χ3n) is 3.84. The van der Waals surface area contributed by atoms with Crippen molar-refractivity contribution in [2.24, 2.45) is 0 Å². The van der Waals surface area contributed by atoms with Crippen LogP contribution in [0.1, 0.15) is 37.3 Å². The Morgan fingerprint density at radius 3 is 2.53 bits per heavy atom. The Bertz CT molecular complexity index is 563. The van der Waals surface area contributed by atoms with Crippen molar-refractivity contribution in [2.45, 2.75) is 50.1 Å². The molecule has 0 saturated heterocycles. The third-order valence-corrected chi connectivity index (χ3v) is 5.47. The summed E-state index contributed by atoms with van der Waals surface area (Å²) in [5.41, 5.74) is 1.86. The zero-order valence-corrected chi connectivity index (χ0v) is 12.6. The molecule has 4 nitrogen and oxygen atoms in total. The van der Waals surface area contributed by atoms with Gasteiger partial charge in [-0.15, -0.1) is 0 Å². The van der Waals surface area contributed by atoms with Crippen LogP contribution in [0.2, 0.25) is 0 Å². The van der Waals surface area contributed by atoms with E-state index in [2.05, 4.69) is 10.0 Å². The predicted octanol–water partition coefficient (Wildman–Crippen LogP) is 1.94. The largest absolute Gasteiger partial charge is 0.316 e. The second-order valence-corrected chi connectivity index (χ2v) is 7.32. The summed E-state index contributed by atoms with van der Waals surface area (Å²) in [7, 11) is -1.56. The lowest BCUT2D eigenvalue weighted by atomic mass is 9.80. The molecule has 19 heavy (non-hydrogen) atoms. The maximum absolute atomic E-state index is 12.4. The normalized spacial score (nSPS) is 18.1. The van der Waals surface area contributed by atoms with Crippen LogP contribution < -0.4 is 10.0 Å². The first-order valence-corrected chi connectivity index (χ1v) is 8.13. The van der Waals surface area contributed by atoms with E-state index in [0.29, 0.717) is 11.4 Å². The van der Waals surface area contributed by atoms with Crippen molar-refractivity contribution in [1.82, 2.24) is 10.0 Å². The Morgan fingerprint density at radius 1 is 1.32 bits per heavy atom. The minimum absolute atomic E-state index is 0.257. The molecule has 0 atom stereocenters. The maximum Gasteiger partial charge on any atom is 0.241 e. The number of rotatable bonds is 5. The molecule has 0 bridgehead atoms. The van der Waals surface area contributed by atoms with Gasteiger partial charge in [0.25, 0.3) is 0 Å². The number of aryl methyl sites for hydroxylation is 1. The first-order valence-electron chi connectivity index (χ1n) is 6.64. The van der Waals surface area contributed by atoms with Gasteiger partial charge in [0.15, 0.2) is 0 Å². The van der Waals surface area contributed by atoms with Crippen molar-refractivity contribution in [2.75, 3.05) is 7.05 Å². The predicted molar refractivity (Wildman–Crippen MR) is 76.5 cm³/mol. The molecule has 5 heteroatoms. The number of sulfonamides is 1. The zero-order valence-electron chi connectivity index (χ0n) is 11.8. The van der Waals surface area contributed by atoms with E-state index in [1.54, 1.807) is 12.1 Å². The third kappa shape index (κ3) is 3.16. The van der Waals surface area contributed by atoms with E-state index in [0.717, 1.165) is 30.4 Å². The summed E-state index contributed by atoms with van der Waals surface area (Å²) in [5.74, 6) is 0. The maximum atomic E-state index is 12.4. The summed E-state index contributed by atoms with van der Waals surface area (Å²) in [6, 6.07) is 5.30. The molecular weight excluding hydrogens is 260 g/mol. The summed E-state index contributed by atoms with van der Waals surface area (Å²) >= 11 is 0. The van der Waals surface area contributed by atoms with Crippen molar-refractivity contribution < 1.29 is 8.42 Å². The Hall–Kier alpha value is -0.910. The monoisotopic (exact) mass is 282 g/mol. The van der Waals surface area contributed by atoms with Crippen LogP contribution in [-0.2, 0) is 16.6 Å². The molecule has 0 radical (unpaired) electrons. The minimum Gasteiger partial charge on any atom is -0.316 e. The summed E-state index contributed by atoms with van der Waals surface area (Å²) in [6.45, 7) is 4.63. The lowest BCUT2D eigenvalue weighted by molar-refractivity contribution is 0.248. The van der Waals surface area contributed by atoms with E-state index in [9.17, 15) is 8.42 Å². The van der Waals surface area contributed by atoms with Gasteiger partial charge in [0, 0.05) is 12.1 Å². The topological polar surface area (TPSA) is 58.2 Å². The van der Waals surface area contributed by atoms with Crippen LogP contribution >= 0.6 is 0 Å². The van der Waals surface area contributed by atoms with Crippen LogP contribution in [0.4, 0.5) is 0 Å². The van der Waals surface area contributed by atoms with E-state index in [1.807, 2.05) is 27.0 Å². The van der Waals surface area contributed by atoms with Gasteiger partial charge in [0.2, 0.25) is 10.0 Å². The highest BCUT2D eigenvalue weighted by molar-refractivity contribution is 7.89. The highest BCUT2D eigenvalue weighted by Gasteiger charge is 2.36. The first kappa shape index (κ1) is 14.5. The Morgan fingerprint density at radius 2 is 2.00 bits per heavy atom. The summed E-state index contributed by atoms with van der Waals surface area (Å²) in [6.07, 6.45) is 2.93. The van der Waals surface area contributed by atoms with Crippen LogP contribution in [-0.4, -0.2) is 21.0 Å². The summed E-state index contributed by atoms with van der Waals surface area (Å²) < 4.78 is 27.6. The SMILES string of the molecule is CNCc1cc(S(=O)(=O)NC2(C)CCC2)ccc1C. The molecule has 0 spiro atoms. The number of hydrogen-bond acceptors (Lipinski definition) is 3. The number of hydrogen-bond donors (Lipinski definition) is 2. The molecule has 2 rings (SSSR count). The van der Waals surface area contributed by atoms with E-state index in [4.69, 9.17) is 0 Å². The fourth-order valence-corrected chi connectivity index (χ4v) is 3.90. The molecule has 0 amide bonds. The lowest BCUT2D eigenvalue weighted by Gasteiger charge is -2.38. The fraction of sp³-hybridized carbons (Fsp3) is 0.571. The smallest absolute Gasteiger partial charge is 0.241 e. The zero-order chi connectivity index (χ0) is 14.1. The number of nitrogens with one attached hydrogen (secondary N) is 2. The van der Waals surface area contributed by atoms with Crippen molar-refractivity contribution in [1.29, 1.82) is 0 Å². The van der Waals surface area contributed by atoms with Crippen molar-refractivity contribution in [3.05, 3.63) is 29.3 Å². The molecule has 1 fully saturated rings. The van der Waals surface area contributed by atoms with Gasteiger partial charge >= 0.3 is 0 Å². The first-order chi connectivity index (χ1) is 8.86. The second kappa shape index (κ2) is 5.23. The highest BCUT2D eigenvalue weighted by atomic mass is 32.2. The van der Waals surface area contributed by atoms with Gasteiger partial charge in [-0.05, 0) is 63.4 Å². The highest BCUT2D eigenvalue weighted by Crippen LogP contribution is 2.32. The van der Waals surface area contributed by atoms with Crippen molar-refractivity contribution >= 4 is 10.0 Å². The molecule has 0 aromatic heterocycles. The molecule has 1 aliphatic rings. The van der Waals surface area contributed by atoms with Crippen LogP contribution in [0.25, 0.3) is 0 Å². The molecule has 0 unspecified atom stereocenters. The van der Waals surface area contributed by atoms with E-state index in [1.165, 1.54) is 0 Å². The van der Waals surface area contributed by atoms with Gasteiger partial charge in [-0.25, -0.2) is 13.1 Å². The van der Waals surface area contributed by atoms with E-state index in [-0.39, 0.29) is 5.54 Å². The van der Waals surface area contributed by atoms with Crippen LogP contribution in [0.5, 0.6) is 0 Å². The molecule has 1 saturated carbocycles. The van der Waals surface area contributed by atoms with Crippen molar-refractivity contribution in [3.63, 3.8) is 0 Å². The van der Waals surface area contributed by atoms with Gasteiger partial charge in [-0.3, -0.25) is 0 Å². The van der Waals surface area contributed by atoms with Crippen LogP contribution in [0.15, 0.2) is 23.1 Å². The van der Waals surface area contributed by atoms with Gasteiger partial charge < -0.3 is 5.32 Å². The Labute approximate surface area is 115 Å². The van der Waals surface area contributed by atoms with Crippen molar-refractivity contribution in [3.8, 4) is 0 Å². The summed E-state index contributed by atoms with van der Waals surface area (Å²) in [5, 5.41) is 3.06. The molecule has 106 valence electrons. The van der Waals surface area contributed by atoms with E-state index < -0.39 is 10.0 Å². The quantitative estimate of drug-likeness (QED) is 0.867. The molecule has 0 heterocycles. The fourth-order valence-electron chi connectivity index (χ4n) is 2.39. The summed E-state index contributed by atoms with van der Waals surface area (Å²) in [4.78, 5) is 0.358. The van der Waals surface area contributed by atoms with Gasteiger partial charge in [-0.2, -0.15) is 0 Å². The standard InChI is InChI=1S/C14H22N2O2S/c1-11-5-6-13(9-12(11)10-15-3)19(17,18)16-14(2)7-4-8-14/h5-6,9,15-16H,4,7-8,10H2,1-3H3. The second-order valence-electron chi connectivity index (χ2n) is 5.64. The van der Waals surface area contributed by atoms with Gasteiger partial charge in [-0.1, -0.05) is 6.07 Å².